The molecule has 116 valence electrons. The van der Waals surface area contributed by atoms with Crippen molar-refractivity contribution in [2.24, 2.45) is 0 Å². The molecule has 23 heavy (non-hydrogen) atoms. The van der Waals surface area contributed by atoms with Crippen molar-refractivity contribution in [1.29, 1.82) is 0 Å². The molecule has 1 heterocycles. The first-order chi connectivity index (χ1) is 11.1. The minimum Gasteiger partial charge on any atom is -0.460 e. The molecular formula is C18H13ClFNO2. The number of esters is 1. The van der Waals surface area contributed by atoms with Gasteiger partial charge in [0.25, 0.3) is 0 Å². The predicted molar refractivity (Wildman–Crippen MR) is 86.7 cm³/mol. The third-order valence-electron chi connectivity index (χ3n) is 3.43. The second-order valence-electron chi connectivity index (χ2n) is 5.06. The van der Waals surface area contributed by atoms with E-state index in [1.165, 1.54) is 6.07 Å². The lowest BCUT2D eigenvalue weighted by molar-refractivity contribution is -0.144. The van der Waals surface area contributed by atoms with Gasteiger partial charge in [0.2, 0.25) is 0 Å². The Bertz CT molecular complexity index is 867. The maximum Gasteiger partial charge on any atom is 0.310 e. The van der Waals surface area contributed by atoms with Gasteiger partial charge in [0.15, 0.2) is 0 Å². The number of aromatic nitrogens is 1. The molecule has 0 aliphatic rings. The number of rotatable bonds is 4. The number of nitrogens with zero attached hydrogens (tertiary/aromatic N) is 1. The first-order valence-electron chi connectivity index (χ1n) is 7.06. The van der Waals surface area contributed by atoms with Gasteiger partial charge in [0, 0.05) is 10.9 Å². The second-order valence-corrected chi connectivity index (χ2v) is 5.42. The SMILES string of the molecule is O=C(Cc1ccccc1F)OCc1cc2ccccc2nc1Cl. The van der Waals surface area contributed by atoms with Crippen LogP contribution in [0.25, 0.3) is 10.9 Å². The number of ether oxygens (including phenoxy) is 1. The highest BCUT2D eigenvalue weighted by molar-refractivity contribution is 6.30. The van der Waals surface area contributed by atoms with Crippen LogP contribution in [0.1, 0.15) is 11.1 Å². The van der Waals surface area contributed by atoms with Crippen molar-refractivity contribution < 1.29 is 13.9 Å². The van der Waals surface area contributed by atoms with E-state index in [9.17, 15) is 9.18 Å². The Morgan fingerprint density at radius 3 is 2.65 bits per heavy atom. The molecule has 0 aliphatic carbocycles. The van der Waals surface area contributed by atoms with E-state index in [4.69, 9.17) is 16.3 Å². The first-order valence-corrected chi connectivity index (χ1v) is 7.44. The van der Waals surface area contributed by atoms with E-state index < -0.39 is 11.8 Å². The van der Waals surface area contributed by atoms with Crippen LogP contribution in [-0.4, -0.2) is 11.0 Å². The molecule has 0 N–H and O–H groups in total. The highest BCUT2D eigenvalue weighted by atomic mass is 35.5. The van der Waals surface area contributed by atoms with Crippen LogP contribution in [0.5, 0.6) is 0 Å². The summed E-state index contributed by atoms with van der Waals surface area (Å²) in [7, 11) is 0. The maximum absolute atomic E-state index is 13.5. The molecule has 0 unspecified atom stereocenters. The van der Waals surface area contributed by atoms with E-state index in [0.29, 0.717) is 16.3 Å². The highest BCUT2D eigenvalue weighted by Crippen LogP contribution is 2.21. The van der Waals surface area contributed by atoms with Gasteiger partial charge in [0.1, 0.15) is 17.6 Å². The molecule has 0 atom stereocenters. The molecular weight excluding hydrogens is 317 g/mol. The fraction of sp³-hybridized carbons (Fsp3) is 0.111. The van der Waals surface area contributed by atoms with E-state index in [2.05, 4.69) is 4.98 Å². The number of para-hydroxylation sites is 1. The summed E-state index contributed by atoms with van der Waals surface area (Å²) in [4.78, 5) is 16.1. The Balaban J connectivity index is 1.69. The van der Waals surface area contributed by atoms with E-state index >= 15 is 0 Å². The number of carbonyl (C=O) groups excluding carboxylic acids is 1. The number of hydrogen-bond acceptors (Lipinski definition) is 3. The summed E-state index contributed by atoms with van der Waals surface area (Å²) in [6, 6.07) is 15.5. The van der Waals surface area contributed by atoms with Gasteiger partial charge in [0.05, 0.1) is 11.9 Å². The lowest BCUT2D eigenvalue weighted by atomic mass is 10.1. The molecule has 0 saturated heterocycles. The monoisotopic (exact) mass is 329 g/mol. The predicted octanol–water partition coefficient (Wildman–Crippen LogP) is 4.31. The smallest absolute Gasteiger partial charge is 0.310 e. The molecule has 1 aromatic heterocycles. The maximum atomic E-state index is 13.5. The molecule has 0 amide bonds. The Hall–Kier alpha value is -2.46. The van der Waals surface area contributed by atoms with E-state index in [1.807, 2.05) is 30.3 Å². The lowest BCUT2D eigenvalue weighted by Crippen LogP contribution is -2.09. The summed E-state index contributed by atoms with van der Waals surface area (Å²) in [5, 5.41) is 1.21. The van der Waals surface area contributed by atoms with Crippen molar-refractivity contribution >= 4 is 28.5 Å². The average Bonchev–Trinajstić information content (AvgIpc) is 2.55. The molecule has 3 nitrogen and oxygen atoms in total. The Morgan fingerprint density at radius 1 is 1.09 bits per heavy atom. The minimum absolute atomic E-state index is 0.00392. The van der Waals surface area contributed by atoms with Gasteiger partial charge in [-0.3, -0.25) is 4.79 Å². The van der Waals surface area contributed by atoms with Crippen LogP contribution in [0, 0.1) is 5.82 Å². The van der Waals surface area contributed by atoms with E-state index in [-0.39, 0.29) is 13.0 Å². The Morgan fingerprint density at radius 2 is 1.83 bits per heavy atom. The van der Waals surface area contributed by atoms with Gasteiger partial charge >= 0.3 is 5.97 Å². The third kappa shape index (κ3) is 3.66. The van der Waals surface area contributed by atoms with E-state index in [0.717, 1.165) is 10.9 Å². The van der Waals surface area contributed by atoms with Crippen molar-refractivity contribution in [3.63, 3.8) is 0 Å². The molecule has 0 aliphatic heterocycles. The summed E-state index contributed by atoms with van der Waals surface area (Å²) in [6.45, 7) is 0.00392. The molecule has 0 fully saturated rings. The van der Waals surface area contributed by atoms with Gasteiger partial charge in [-0.25, -0.2) is 9.37 Å². The fourth-order valence-electron chi connectivity index (χ4n) is 2.24. The van der Waals surface area contributed by atoms with Gasteiger partial charge in [-0.05, 0) is 23.8 Å². The average molecular weight is 330 g/mol. The molecule has 2 aromatic carbocycles. The molecule has 3 rings (SSSR count). The molecule has 0 radical (unpaired) electrons. The number of pyridine rings is 1. The highest BCUT2D eigenvalue weighted by Gasteiger charge is 2.11. The minimum atomic E-state index is -0.515. The van der Waals surface area contributed by atoms with Gasteiger partial charge in [-0.2, -0.15) is 0 Å². The van der Waals surface area contributed by atoms with Crippen LogP contribution in [0.2, 0.25) is 5.15 Å². The molecule has 5 heteroatoms. The van der Waals surface area contributed by atoms with Gasteiger partial charge in [-0.1, -0.05) is 48.0 Å². The summed E-state index contributed by atoms with van der Waals surface area (Å²) >= 11 is 6.11. The van der Waals surface area contributed by atoms with Crippen LogP contribution < -0.4 is 0 Å². The Kier molecular flexibility index (Phi) is 4.53. The largest absolute Gasteiger partial charge is 0.460 e. The standard InChI is InChI=1S/C18H13ClFNO2/c19-18-14(9-13-6-2-4-8-16(13)21-18)11-23-17(22)10-12-5-1-3-7-15(12)20/h1-9H,10-11H2. The zero-order chi connectivity index (χ0) is 16.2. The number of benzene rings is 2. The van der Waals surface area contributed by atoms with E-state index in [1.54, 1.807) is 18.2 Å². The summed E-state index contributed by atoms with van der Waals surface area (Å²) in [5.74, 6) is -0.936. The third-order valence-corrected chi connectivity index (χ3v) is 3.76. The van der Waals surface area contributed by atoms with Crippen molar-refractivity contribution in [1.82, 2.24) is 4.98 Å². The molecule has 0 bridgehead atoms. The van der Waals surface area contributed by atoms with Crippen molar-refractivity contribution in [3.05, 3.63) is 76.7 Å². The van der Waals surface area contributed by atoms with Crippen LogP contribution in [0.15, 0.2) is 54.6 Å². The molecule has 3 aromatic rings. The summed E-state index contributed by atoms with van der Waals surface area (Å²) in [6.07, 6.45) is -0.120. The van der Waals surface area contributed by atoms with Crippen molar-refractivity contribution in [3.8, 4) is 0 Å². The van der Waals surface area contributed by atoms with Crippen molar-refractivity contribution in [2.75, 3.05) is 0 Å². The van der Waals surface area contributed by atoms with Crippen molar-refractivity contribution in [2.45, 2.75) is 13.0 Å². The number of carbonyl (C=O) groups is 1. The first kappa shape index (κ1) is 15.4. The fourth-order valence-corrected chi connectivity index (χ4v) is 2.44. The topological polar surface area (TPSA) is 39.2 Å². The van der Waals surface area contributed by atoms with Crippen LogP contribution in [0.3, 0.4) is 0 Å². The summed E-state index contributed by atoms with van der Waals surface area (Å²) < 4.78 is 18.7. The van der Waals surface area contributed by atoms with Gasteiger partial charge in [-0.15, -0.1) is 0 Å². The quantitative estimate of drug-likeness (QED) is 0.529. The Labute approximate surface area is 137 Å². The zero-order valence-corrected chi connectivity index (χ0v) is 12.9. The normalized spacial score (nSPS) is 10.7. The van der Waals surface area contributed by atoms with Crippen LogP contribution in [-0.2, 0) is 22.6 Å². The summed E-state index contributed by atoms with van der Waals surface area (Å²) in [5.41, 5.74) is 1.70. The van der Waals surface area contributed by atoms with Crippen LogP contribution in [0.4, 0.5) is 4.39 Å². The second kappa shape index (κ2) is 6.75. The number of halogens is 2. The number of fused-ring (bicyclic) bond motifs is 1. The zero-order valence-electron chi connectivity index (χ0n) is 12.1. The molecule has 0 spiro atoms. The molecule has 0 saturated carbocycles. The van der Waals surface area contributed by atoms with Gasteiger partial charge < -0.3 is 4.74 Å². The lowest BCUT2D eigenvalue weighted by Gasteiger charge is -2.08. The van der Waals surface area contributed by atoms with Crippen LogP contribution >= 0.6 is 11.6 Å². The number of hydrogen-bond donors (Lipinski definition) is 0.